The minimum atomic E-state index is 0.0587. The molecule has 14 heavy (non-hydrogen) atoms. The molecule has 1 rings (SSSR count). The minimum absolute atomic E-state index is 0.0587. The summed E-state index contributed by atoms with van der Waals surface area (Å²) in [7, 11) is 0. The third-order valence-corrected chi connectivity index (χ3v) is 3.12. The molecule has 0 spiro atoms. The molecular weight excluding hydrogens is 174 g/mol. The number of pyridine rings is 1. The number of aromatic amines is 1. The van der Waals surface area contributed by atoms with Gasteiger partial charge in [0.25, 0.3) is 5.56 Å². The molecule has 2 heteroatoms. The van der Waals surface area contributed by atoms with E-state index in [4.69, 9.17) is 0 Å². The number of hydrogen-bond acceptors (Lipinski definition) is 1. The molecule has 1 aromatic heterocycles. The van der Waals surface area contributed by atoms with Gasteiger partial charge < -0.3 is 4.98 Å². The van der Waals surface area contributed by atoms with Gasteiger partial charge in [0, 0.05) is 11.3 Å². The Labute approximate surface area is 85.4 Å². The Morgan fingerprint density at radius 1 is 1.21 bits per heavy atom. The van der Waals surface area contributed by atoms with E-state index in [2.05, 4.69) is 25.8 Å². The first-order chi connectivity index (χ1) is 6.49. The second-order valence-electron chi connectivity index (χ2n) is 4.05. The summed E-state index contributed by atoms with van der Waals surface area (Å²) in [6, 6.07) is 0. The van der Waals surface area contributed by atoms with E-state index in [1.807, 2.05) is 13.8 Å². The van der Waals surface area contributed by atoms with Crippen LogP contribution in [0.2, 0.25) is 0 Å². The summed E-state index contributed by atoms with van der Waals surface area (Å²) in [6.45, 7) is 10.3. The topological polar surface area (TPSA) is 32.9 Å². The first kappa shape index (κ1) is 11.0. The molecule has 0 aliphatic carbocycles. The predicted octanol–water partition coefficient (Wildman–Crippen LogP) is 2.81. The lowest BCUT2D eigenvalue weighted by atomic mass is 9.90. The summed E-state index contributed by atoms with van der Waals surface area (Å²) < 4.78 is 0. The largest absolute Gasteiger partial charge is 0.326 e. The SMILES string of the molecule is CCC(C)c1c(C)c(C)[nH]c(=O)c1C. The number of hydrogen-bond donors (Lipinski definition) is 1. The maximum absolute atomic E-state index is 11.6. The standard InChI is InChI=1S/C12H19NO/c1-6-7(2)11-8(3)10(5)13-12(14)9(11)4/h7H,6H2,1-5H3,(H,13,14). The molecule has 0 amide bonds. The van der Waals surface area contributed by atoms with Crippen molar-refractivity contribution < 1.29 is 0 Å². The molecule has 1 heterocycles. The lowest BCUT2D eigenvalue weighted by Crippen LogP contribution is -2.17. The van der Waals surface area contributed by atoms with E-state index in [0.29, 0.717) is 5.92 Å². The van der Waals surface area contributed by atoms with Gasteiger partial charge in [-0.3, -0.25) is 4.79 Å². The highest BCUT2D eigenvalue weighted by atomic mass is 16.1. The van der Waals surface area contributed by atoms with E-state index in [1.54, 1.807) is 0 Å². The van der Waals surface area contributed by atoms with Gasteiger partial charge in [-0.1, -0.05) is 13.8 Å². The molecule has 0 saturated carbocycles. The monoisotopic (exact) mass is 193 g/mol. The van der Waals surface area contributed by atoms with E-state index in [9.17, 15) is 4.79 Å². The van der Waals surface area contributed by atoms with Crippen LogP contribution in [0.15, 0.2) is 4.79 Å². The van der Waals surface area contributed by atoms with Crippen molar-refractivity contribution in [1.82, 2.24) is 4.98 Å². The van der Waals surface area contributed by atoms with Crippen molar-refractivity contribution in [2.45, 2.75) is 47.0 Å². The van der Waals surface area contributed by atoms with E-state index in [1.165, 1.54) is 11.1 Å². The Morgan fingerprint density at radius 3 is 2.29 bits per heavy atom. The molecule has 1 aromatic rings. The van der Waals surface area contributed by atoms with Gasteiger partial charge in [-0.2, -0.15) is 0 Å². The van der Waals surface area contributed by atoms with Gasteiger partial charge >= 0.3 is 0 Å². The average Bonchev–Trinajstić information content (AvgIpc) is 2.15. The van der Waals surface area contributed by atoms with Gasteiger partial charge in [0.2, 0.25) is 0 Å². The smallest absolute Gasteiger partial charge is 0.251 e. The van der Waals surface area contributed by atoms with E-state index in [-0.39, 0.29) is 5.56 Å². The summed E-state index contributed by atoms with van der Waals surface area (Å²) in [4.78, 5) is 14.4. The Balaban J connectivity index is 3.47. The number of nitrogens with one attached hydrogen (secondary N) is 1. The maximum atomic E-state index is 11.6. The number of H-pyrrole nitrogens is 1. The van der Waals surface area contributed by atoms with E-state index >= 15 is 0 Å². The fourth-order valence-corrected chi connectivity index (χ4v) is 1.91. The molecule has 0 bridgehead atoms. The van der Waals surface area contributed by atoms with Crippen LogP contribution in [0.3, 0.4) is 0 Å². The van der Waals surface area contributed by atoms with Gasteiger partial charge in [-0.05, 0) is 44.2 Å². The second-order valence-corrected chi connectivity index (χ2v) is 4.05. The molecule has 78 valence electrons. The third-order valence-electron chi connectivity index (χ3n) is 3.12. The minimum Gasteiger partial charge on any atom is -0.326 e. The maximum Gasteiger partial charge on any atom is 0.251 e. The van der Waals surface area contributed by atoms with Crippen LogP contribution in [0.4, 0.5) is 0 Å². The molecule has 0 radical (unpaired) electrons. The van der Waals surface area contributed by atoms with Gasteiger partial charge in [-0.15, -0.1) is 0 Å². The van der Waals surface area contributed by atoms with Crippen molar-refractivity contribution in [3.8, 4) is 0 Å². The fraction of sp³-hybridized carbons (Fsp3) is 0.583. The fourth-order valence-electron chi connectivity index (χ4n) is 1.91. The lowest BCUT2D eigenvalue weighted by molar-refractivity contribution is 0.715. The summed E-state index contributed by atoms with van der Waals surface area (Å²) in [5, 5.41) is 0. The molecule has 0 fully saturated rings. The molecule has 2 nitrogen and oxygen atoms in total. The Hall–Kier alpha value is -1.05. The van der Waals surface area contributed by atoms with Gasteiger partial charge in [-0.25, -0.2) is 0 Å². The Morgan fingerprint density at radius 2 is 1.79 bits per heavy atom. The molecule has 1 atom stereocenters. The van der Waals surface area contributed by atoms with Crippen molar-refractivity contribution in [1.29, 1.82) is 0 Å². The molecule has 1 unspecified atom stereocenters. The van der Waals surface area contributed by atoms with E-state index in [0.717, 1.165) is 17.7 Å². The molecule has 0 aliphatic heterocycles. The summed E-state index contributed by atoms with van der Waals surface area (Å²) >= 11 is 0. The highest BCUT2D eigenvalue weighted by Gasteiger charge is 2.13. The summed E-state index contributed by atoms with van der Waals surface area (Å²) in [6.07, 6.45) is 1.07. The van der Waals surface area contributed by atoms with Gasteiger partial charge in [0.1, 0.15) is 0 Å². The summed E-state index contributed by atoms with van der Waals surface area (Å²) in [5.41, 5.74) is 4.40. The molecule has 0 aliphatic rings. The highest BCUT2D eigenvalue weighted by molar-refractivity contribution is 5.36. The van der Waals surface area contributed by atoms with Crippen LogP contribution in [0.25, 0.3) is 0 Å². The molecule has 1 N–H and O–H groups in total. The number of aryl methyl sites for hydroxylation is 1. The quantitative estimate of drug-likeness (QED) is 0.769. The van der Waals surface area contributed by atoms with Crippen LogP contribution < -0.4 is 5.56 Å². The Kier molecular flexibility index (Phi) is 3.14. The zero-order chi connectivity index (χ0) is 10.9. The van der Waals surface area contributed by atoms with Crippen LogP contribution in [-0.2, 0) is 0 Å². The van der Waals surface area contributed by atoms with Crippen molar-refractivity contribution in [2.75, 3.05) is 0 Å². The number of rotatable bonds is 2. The van der Waals surface area contributed by atoms with Crippen LogP contribution in [0.5, 0.6) is 0 Å². The first-order valence-electron chi connectivity index (χ1n) is 5.19. The van der Waals surface area contributed by atoms with Gasteiger partial charge in [0.15, 0.2) is 0 Å². The van der Waals surface area contributed by atoms with Crippen LogP contribution in [-0.4, -0.2) is 4.98 Å². The van der Waals surface area contributed by atoms with Crippen LogP contribution >= 0.6 is 0 Å². The van der Waals surface area contributed by atoms with Crippen LogP contribution in [0.1, 0.15) is 48.6 Å². The lowest BCUT2D eigenvalue weighted by Gasteiger charge is -2.16. The first-order valence-corrected chi connectivity index (χ1v) is 5.19. The zero-order valence-corrected chi connectivity index (χ0v) is 9.69. The zero-order valence-electron chi connectivity index (χ0n) is 9.69. The molecular formula is C12H19NO. The second kappa shape index (κ2) is 3.99. The van der Waals surface area contributed by atoms with Crippen LogP contribution in [0, 0.1) is 20.8 Å². The third kappa shape index (κ3) is 1.74. The molecule has 0 saturated heterocycles. The van der Waals surface area contributed by atoms with Crippen molar-refractivity contribution in [3.05, 3.63) is 32.7 Å². The van der Waals surface area contributed by atoms with Gasteiger partial charge in [0.05, 0.1) is 0 Å². The summed E-state index contributed by atoms with van der Waals surface area (Å²) in [5.74, 6) is 0.469. The number of aromatic nitrogens is 1. The average molecular weight is 193 g/mol. The van der Waals surface area contributed by atoms with Crippen molar-refractivity contribution >= 4 is 0 Å². The normalized spacial score (nSPS) is 12.9. The van der Waals surface area contributed by atoms with E-state index < -0.39 is 0 Å². The predicted molar refractivity (Wildman–Crippen MR) is 60.0 cm³/mol. The molecule has 0 aromatic carbocycles. The van der Waals surface area contributed by atoms with Crippen molar-refractivity contribution in [3.63, 3.8) is 0 Å². The van der Waals surface area contributed by atoms with Crippen molar-refractivity contribution in [2.24, 2.45) is 0 Å². The Bertz CT molecular complexity index is 390. The highest BCUT2D eigenvalue weighted by Crippen LogP contribution is 2.24.